The zero-order chi connectivity index (χ0) is 15.6. The van der Waals surface area contributed by atoms with Gasteiger partial charge in [0, 0.05) is 6.42 Å². The normalized spacial score (nSPS) is 27.9. The second kappa shape index (κ2) is 6.31. The van der Waals surface area contributed by atoms with Gasteiger partial charge in [-0.2, -0.15) is 0 Å². The molecule has 2 atom stereocenters. The maximum Gasteiger partial charge on any atom is 0.192 e. The van der Waals surface area contributed by atoms with Crippen LogP contribution >= 0.6 is 0 Å². The molecule has 3 heteroatoms. The van der Waals surface area contributed by atoms with Crippen LogP contribution < -0.4 is 0 Å². The monoisotopic (exact) mass is 298 g/mol. The topological polar surface area (TPSA) is 26.3 Å². The van der Waals surface area contributed by atoms with Gasteiger partial charge in [-0.05, 0) is 43.8 Å². The van der Waals surface area contributed by atoms with E-state index >= 15 is 0 Å². The van der Waals surface area contributed by atoms with Crippen molar-refractivity contribution in [2.45, 2.75) is 97.4 Å². The van der Waals surface area contributed by atoms with E-state index in [1.165, 1.54) is 0 Å². The third-order valence-electron chi connectivity index (χ3n) is 5.51. The molecule has 1 rings (SSSR count). The number of carbonyl (C=O) groups is 1. The molecule has 1 aliphatic carbocycles. The quantitative estimate of drug-likeness (QED) is 0.620. The molecule has 0 saturated heterocycles. The summed E-state index contributed by atoms with van der Waals surface area (Å²) in [5.41, 5.74) is -0.231. The van der Waals surface area contributed by atoms with Crippen molar-refractivity contribution in [2.24, 2.45) is 5.41 Å². The Morgan fingerprint density at radius 3 is 2.45 bits per heavy atom. The SMILES string of the molecule is CCCCC(=O)[C@@]1(C)CCC[C@H]1O[Si](C)(C)C(C)(C)C. The van der Waals surface area contributed by atoms with Crippen molar-refractivity contribution in [1.82, 2.24) is 0 Å². The highest BCUT2D eigenvalue weighted by atomic mass is 28.4. The van der Waals surface area contributed by atoms with Crippen molar-refractivity contribution >= 4 is 14.1 Å². The summed E-state index contributed by atoms with van der Waals surface area (Å²) in [7, 11) is -1.79. The Kier molecular flexibility index (Phi) is 5.65. The zero-order valence-electron chi connectivity index (χ0n) is 14.6. The molecule has 0 heterocycles. The van der Waals surface area contributed by atoms with Crippen LogP contribution in [-0.4, -0.2) is 20.2 Å². The fourth-order valence-corrected chi connectivity index (χ4v) is 4.24. The summed E-state index contributed by atoms with van der Waals surface area (Å²) < 4.78 is 6.60. The maximum atomic E-state index is 12.6. The molecular formula is C17H34O2Si. The molecule has 1 saturated carbocycles. The van der Waals surface area contributed by atoms with Crippen LogP contribution in [0.3, 0.4) is 0 Å². The average molecular weight is 299 g/mol. The Hall–Kier alpha value is -0.153. The van der Waals surface area contributed by atoms with Crippen LogP contribution in [-0.2, 0) is 9.22 Å². The van der Waals surface area contributed by atoms with Crippen LogP contribution in [0, 0.1) is 5.41 Å². The summed E-state index contributed by atoms with van der Waals surface area (Å²) in [6.07, 6.45) is 6.18. The number of Topliss-reactive ketones (excluding diaryl/α,β-unsaturated/α-hetero) is 1. The molecule has 2 nitrogen and oxygen atoms in total. The molecule has 0 N–H and O–H groups in total. The highest BCUT2D eigenvalue weighted by molar-refractivity contribution is 6.74. The first-order chi connectivity index (χ1) is 9.04. The number of hydrogen-bond donors (Lipinski definition) is 0. The minimum Gasteiger partial charge on any atom is -0.413 e. The molecule has 20 heavy (non-hydrogen) atoms. The Labute approximate surface area is 126 Å². The van der Waals surface area contributed by atoms with Crippen molar-refractivity contribution in [3.05, 3.63) is 0 Å². The van der Waals surface area contributed by atoms with E-state index in [1.54, 1.807) is 0 Å². The van der Waals surface area contributed by atoms with E-state index in [1.807, 2.05) is 0 Å². The van der Waals surface area contributed by atoms with Crippen LogP contribution in [0.4, 0.5) is 0 Å². The zero-order valence-corrected chi connectivity index (χ0v) is 15.6. The predicted molar refractivity (Wildman–Crippen MR) is 88.6 cm³/mol. The average Bonchev–Trinajstić information content (AvgIpc) is 2.67. The maximum absolute atomic E-state index is 12.6. The van der Waals surface area contributed by atoms with E-state index in [0.717, 1.165) is 38.5 Å². The summed E-state index contributed by atoms with van der Waals surface area (Å²) in [5.74, 6) is 0.431. The molecule has 118 valence electrons. The van der Waals surface area contributed by atoms with E-state index in [0.29, 0.717) is 5.78 Å². The fraction of sp³-hybridized carbons (Fsp3) is 0.941. The second-order valence-electron chi connectivity index (χ2n) is 8.20. The summed E-state index contributed by atoms with van der Waals surface area (Å²) in [6, 6.07) is 0. The van der Waals surface area contributed by atoms with Crippen molar-refractivity contribution < 1.29 is 9.22 Å². The van der Waals surface area contributed by atoms with Gasteiger partial charge in [0.15, 0.2) is 8.32 Å². The number of hydrogen-bond acceptors (Lipinski definition) is 2. The predicted octanol–water partition coefficient (Wildman–Crippen LogP) is 5.33. The molecule has 0 unspecified atom stereocenters. The first-order valence-corrected chi connectivity index (χ1v) is 11.2. The van der Waals surface area contributed by atoms with Crippen molar-refractivity contribution in [1.29, 1.82) is 0 Å². The van der Waals surface area contributed by atoms with Gasteiger partial charge in [-0.1, -0.05) is 41.0 Å². The van der Waals surface area contributed by atoms with Crippen LogP contribution in [0.15, 0.2) is 0 Å². The number of ketones is 1. The molecule has 1 fully saturated rings. The number of unbranched alkanes of at least 4 members (excludes halogenated alkanes) is 1. The molecule has 0 aromatic rings. The summed E-state index contributed by atoms with van der Waals surface area (Å²) in [4.78, 5) is 12.6. The van der Waals surface area contributed by atoms with Gasteiger partial charge in [0.25, 0.3) is 0 Å². The lowest BCUT2D eigenvalue weighted by molar-refractivity contribution is -0.132. The lowest BCUT2D eigenvalue weighted by Gasteiger charge is -2.42. The standard InChI is InChI=1S/C17H34O2Si/c1-8-9-11-14(18)17(5)13-10-12-15(17)19-20(6,7)16(2,3)4/h15H,8-13H2,1-7H3/t15-,17-/m1/s1. The Bertz CT molecular complexity index is 343. The smallest absolute Gasteiger partial charge is 0.192 e. The van der Waals surface area contributed by atoms with E-state index in [-0.39, 0.29) is 16.6 Å². The van der Waals surface area contributed by atoms with Crippen LogP contribution in [0.25, 0.3) is 0 Å². The van der Waals surface area contributed by atoms with Gasteiger partial charge in [-0.25, -0.2) is 0 Å². The first kappa shape index (κ1) is 17.9. The fourth-order valence-electron chi connectivity index (χ4n) is 2.80. The third-order valence-corrected chi connectivity index (χ3v) is 10.00. The number of rotatable bonds is 6. The van der Waals surface area contributed by atoms with Gasteiger partial charge < -0.3 is 4.43 Å². The molecule has 0 aliphatic heterocycles. The van der Waals surface area contributed by atoms with Crippen molar-refractivity contribution in [3.8, 4) is 0 Å². The van der Waals surface area contributed by atoms with Gasteiger partial charge >= 0.3 is 0 Å². The summed E-state index contributed by atoms with van der Waals surface area (Å²) >= 11 is 0. The van der Waals surface area contributed by atoms with E-state index in [4.69, 9.17) is 4.43 Å². The van der Waals surface area contributed by atoms with Crippen molar-refractivity contribution in [3.63, 3.8) is 0 Å². The van der Waals surface area contributed by atoms with Crippen LogP contribution in [0.1, 0.15) is 73.1 Å². The first-order valence-electron chi connectivity index (χ1n) is 8.26. The van der Waals surface area contributed by atoms with Gasteiger partial charge in [-0.15, -0.1) is 0 Å². The summed E-state index contributed by atoms with van der Waals surface area (Å²) in [5, 5.41) is 0.211. The van der Waals surface area contributed by atoms with Crippen molar-refractivity contribution in [2.75, 3.05) is 0 Å². The Morgan fingerprint density at radius 1 is 1.35 bits per heavy atom. The molecule has 0 amide bonds. The van der Waals surface area contributed by atoms with Gasteiger partial charge in [0.2, 0.25) is 0 Å². The van der Waals surface area contributed by atoms with Crippen LogP contribution in [0.5, 0.6) is 0 Å². The second-order valence-corrected chi connectivity index (χ2v) is 13.0. The molecular weight excluding hydrogens is 264 g/mol. The lowest BCUT2D eigenvalue weighted by atomic mass is 9.80. The van der Waals surface area contributed by atoms with E-state index in [9.17, 15) is 4.79 Å². The molecule has 0 spiro atoms. The molecule has 1 aliphatic rings. The van der Waals surface area contributed by atoms with Gasteiger partial charge in [0.05, 0.1) is 11.5 Å². The Balaban J connectivity index is 2.81. The third kappa shape index (κ3) is 3.73. The molecule has 0 bridgehead atoms. The Morgan fingerprint density at radius 2 is 1.95 bits per heavy atom. The van der Waals surface area contributed by atoms with E-state index in [2.05, 4.69) is 47.7 Å². The minimum atomic E-state index is -1.79. The molecule has 0 aromatic heterocycles. The summed E-state index contributed by atoms with van der Waals surface area (Å²) in [6.45, 7) is 15.7. The highest BCUT2D eigenvalue weighted by Crippen LogP contribution is 2.46. The van der Waals surface area contributed by atoms with Gasteiger partial charge in [-0.3, -0.25) is 4.79 Å². The van der Waals surface area contributed by atoms with Crippen LogP contribution in [0.2, 0.25) is 18.1 Å². The van der Waals surface area contributed by atoms with E-state index < -0.39 is 8.32 Å². The number of carbonyl (C=O) groups excluding carboxylic acids is 1. The minimum absolute atomic E-state index is 0.146. The van der Waals surface area contributed by atoms with Gasteiger partial charge in [0.1, 0.15) is 5.78 Å². The largest absolute Gasteiger partial charge is 0.413 e. The lowest BCUT2D eigenvalue weighted by Crippen LogP contribution is -2.48. The molecule has 0 aromatic carbocycles. The highest BCUT2D eigenvalue weighted by Gasteiger charge is 2.49. The molecule has 0 radical (unpaired) electrons.